The zero-order valence-electron chi connectivity index (χ0n) is 15.5. The summed E-state index contributed by atoms with van der Waals surface area (Å²) in [6.07, 6.45) is 0.730. The van der Waals surface area contributed by atoms with Gasteiger partial charge in [0.2, 0.25) is 0 Å². The van der Waals surface area contributed by atoms with E-state index in [1.807, 2.05) is 6.92 Å². The van der Waals surface area contributed by atoms with Crippen molar-refractivity contribution < 1.29 is 29.3 Å². The van der Waals surface area contributed by atoms with Gasteiger partial charge in [0.15, 0.2) is 11.5 Å². The average Bonchev–Trinajstić information content (AvgIpc) is 2.63. The molecule has 0 aliphatic rings. The lowest BCUT2D eigenvalue weighted by atomic mass is 9.95. The Kier molecular flexibility index (Phi) is 7.31. The average molecular weight is 534 g/mol. The zero-order valence-corrected chi connectivity index (χ0v) is 18.6. The number of rotatable bonds is 8. The van der Waals surface area contributed by atoms with Crippen molar-refractivity contribution in [3.8, 4) is 22.6 Å². The lowest BCUT2D eigenvalue weighted by Crippen LogP contribution is -2.24. The van der Waals surface area contributed by atoms with E-state index in [1.54, 1.807) is 6.92 Å². The third-order valence-electron chi connectivity index (χ3n) is 3.82. The maximum atomic E-state index is 12.3. The van der Waals surface area contributed by atoms with E-state index in [1.165, 1.54) is 6.07 Å². The first-order valence-electron chi connectivity index (χ1n) is 8.45. The minimum atomic E-state index is -1.60. The SMILES string of the molecule is CCCOc1c(OCC)cc(-c2c(C(=O)O)c(N)[nH]c(=O)c2C(=O)O)c(Br)c1Br. The summed E-state index contributed by atoms with van der Waals surface area (Å²) in [5, 5.41) is 19.2. The van der Waals surface area contributed by atoms with Gasteiger partial charge >= 0.3 is 11.9 Å². The van der Waals surface area contributed by atoms with E-state index in [-0.39, 0.29) is 28.0 Å². The number of hydrogen-bond donors (Lipinski definition) is 4. The first-order chi connectivity index (χ1) is 13.6. The van der Waals surface area contributed by atoms with Gasteiger partial charge in [0.25, 0.3) is 5.56 Å². The minimum absolute atomic E-state index is 0.0942. The monoisotopic (exact) mass is 532 g/mol. The number of aromatic carboxylic acids is 2. The van der Waals surface area contributed by atoms with Gasteiger partial charge in [0.05, 0.1) is 17.7 Å². The molecule has 0 saturated carbocycles. The molecule has 9 nitrogen and oxygen atoms in total. The molecule has 5 N–H and O–H groups in total. The van der Waals surface area contributed by atoms with Crippen molar-refractivity contribution >= 4 is 49.6 Å². The molecule has 0 spiro atoms. The van der Waals surface area contributed by atoms with Gasteiger partial charge in [-0.05, 0) is 51.3 Å². The lowest BCUT2D eigenvalue weighted by Gasteiger charge is -2.19. The Balaban J connectivity index is 2.99. The zero-order chi connectivity index (χ0) is 21.9. The van der Waals surface area contributed by atoms with Crippen LogP contribution in [-0.2, 0) is 0 Å². The predicted molar refractivity (Wildman–Crippen MR) is 113 cm³/mol. The molecular weight excluding hydrogens is 516 g/mol. The molecular formula is C18H18Br2N2O7. The minimum Gasteiger partial charge on any atom is -0.490 e. The fourth-order valence-electron chi connectivity index (χ4n) is 2.69. The van der Waals surface area contributed by atoms with Crippen molar-refractivity contribution in [2.75, 3.05) is 18.9 Å². The number of benzene rings is 1. The molecule has 156 valence electrons. The smallest absolute Gasteiger partial charge is 0.342 e. The summed E-state index contributed by atoms with van der Waals surface area (Å²) in [7, 11) is 0. The van der Waals surface area contributed by atoms with Crippen molar-refractivity contribution in [2.24, 2.45) is 0 Å². The predicted octanol–water partition coefficient (Wildman–Crippen LogP) is 3.73. The van der Waals surface area contributed by atoms with Crippen LogP contribution in [0.3, 0.4) is 0 Å². The number of carboxylic acids is 2. The van der Waals surface area contributed by atoms with Crippen LogP contribution >= 0.6 is 31.9 Å². The summed E-state index contributed by atoms with van der Waals surface area (Å²) in [4.78, 5) is 38.0. The third kappa shape index (κ3) is 4.40. The van der Waals surface area contributed by atoms with Crippen LogP contribution in [0.15, 0.2) is 19.8 Å². The van der Waals surface area contributed by atoms with Gasteiger partial charge in [-0.3, -0.25) is 4.79 Å². The highest BCUT2D eigenvalue weighted by Crippen LogP contribution is 2.47. The van der Waals surface area contributed by atoms with Crippen LogP contribution < -0.4 is 20.8 Å². The molecule has 0 fully saturated rings. The number of anilines is 1. The summed E-state index contributed by atoms with van der Waals surface area (Å²) in [5.41, 5.74) is 3.12. The normalized spacial score (nSPS) is 10.6. The number of ether oxygens (including phenoxy) is 2. The van der Waals surface area contributed by atoms with Crippen LogP contribution in [0.5, 0.6) is 11.5 Å². The van der Waals surface area contributed by atoms with Crippen LogP contribution in [0, 0.1) is 0 Å². The maximum Gasteiger partial charge on any atom is 0.342 e. The van der Waals surface area contributed by atoms with Crippen LogP contribution in [0.25, 0.3) is 11.1 Å². The molecule has 29 heavy (non-hydrogen) atoms. The quantitative estimate of drug-likeness (QED) is 0.400. The molecule has 0 aliphatic carbocycles. The highest BCUT2D eigenvalue weighted by Gasteiger charge is 2.30. The molecule has 0 atom stereocenters. The fourth-order valence-corrected chi connectivity index (χ4v) is 3.70. The fraction of sp³-hybridized carbons (Fsp3) is 0.278. The summed E-state index contributed by atoms with van der Waals surface area (Å²) < 4.78 is 12.0. The van der Waals surface area contributed by atoms with Crippen molar-refractivity contribution in [3.63, 3.8) is 0 Å². The number of aromatic amines is 1. The number of nitrogens with one attached hydrogen (secondary N) is 1. The van der Waals surface area contributed by atoms with Gasteiger partial charge < -0.3 is 30.4 Å². The second kappa shape index (κ2) is 9.31. The molecule has 0 bridgehead atoms. The highest BCUT2D eigenvalue weighted by molar-refractivity contribution is 9.13. The van der Waals surface area contributed by atoms with Crippen molar-refractivity contribution in [1.82, 2.24) is 4.98 Å². The van der Waals surface area contributed by atoms with Crippen LogP contribution in [0.4, 0.5) is 5.82 Å². The summed E-state index contributed by atoms with van der Waals surface area (Å²) in [5.74, 6) is -2.96. The van der Waals surface area contributed by atoms with Gasteiger partial charge in [-0.2, -0.15) is 0 Å². The molecule has 2 rings (SSSR count). The molecule has 0 saturated heterocycles. The Morgan fingerprint density at radius 2 is 1.72 bits per heavy atom. The van der Waals surface area contributed by atoms with Gasteiger partial charge in [-0.25, -0.2) is 9.59 Å². The Hall–Kier alpha value is -2.53. The van der Waals surface area contributed by atoms with Gasteiger partial charge in [-0.1, -0.05) is 6.92 Å². The topological polar surface area (TPSA) is 152 Å². The van der Waals surface area contributed by atoms with E-state index in [2.05, 4.69) is 36.8 Å². The van der Waals surface area contributed by atoms with E-state index < -0.39 is 34.4 Å². The van der Waals surface area contributed by atoms with E-state index >= 15 is 0 Å². The molecule has 0 radical (unpaired) electrons. The van der Waals surface area contributed by atoms with Crippen molar-refractivity contribution in [1.29, 1.82) is 0 Å². The summed E-state index contributed by atoms with van der Waals surface area (Å²) in [6.45, 7) is 4.33. The number of hydrogen-bond acceptors (Lipinski definition) is 6. The standard InChI is InChI=1S/C18H18Br2N2O7/c1-3-5-29-14-8(28-4-2)6-7(12(19)13(14)20)9-10(17(24)25)15(21)22-16(23)11(9)18(26)27/h6H,3-5H2,1-2H3,(H,24,25)(H,26,27)(H3,21,22,23). The van der Waals surface area contributed by atoms with Crippen LogP contribution in [-0.4, -0.2) is 40.3 Å². The molecule has 0 amide bonds. The van der Waals surface area contributed by atoms with E-state index in [9.17, 15) is 24.6 Å². The molecule has 11 heteroatoms. The Labute approximate surface area is 182 Å². The number of pyridine rings is 1. The number of carbonyl (C=O) groups is 2. The van der Waals surface area contributed by atoms with Gasteiger partial charge in [0, 0.05) is 15.6 Å². The van der Waals surface area contributed by atoms with Crippen LogP contribution in [0.2, 0.25) is 0 Å². The van der Waals surface area contributed by atoms with Crippen molar-refractivity contribution in [3.05, 3.63) is 36.5 Å². The molecule has 1 heterocycles. The number of H-pyrrole nitrogens is 1. The first kappa shape index (κ1) is 22.8. The van der Waals surface area contributed by atoms with Gasteiger partial charge in [-0.15, -0.1) is 0 Å². The Bertz CT molecular complexity index is 1030. The second-order valence-corrected chi connectivity index (χ2v) is 7.35. The first-order valence-corrected chi connectivity index (χ1v) is 10.0. The van der Waals surface area contributed by atoms with Crippen LogP contribution in [0.1, 0.15) is 41.0 Å². The highest BCUT2D eigenvalue weighted by atomic mass is 79.9. The van der Waals surface area contributed by atoms with E-state index in [4.69, 9.17) is 15.2 Å². The maximum absolute atomic E-state index is 12.3. The number of halogens is 2. The number of carboxylic acid groups (broad SMARTS) is 2. The molecule has 1 aromatic carbocycles. The van der Waals surface area contributed by atoms with E-state index in [0.717, 1.165) is 6.42 Å². The van der Waals surface area contributed by atoms with Gasteiger partial charge in [0.1, 0.15) is 16.9 Å². The molecule has 0 unspecified atom stereocenters. The summed E-state index contributed by atoms with van der Waals surface area (Å²) in [6, 6.07) is 1.41. The van der Waals surface area contributed by atoms with Crippen molar-refractivity contribution in [2.45, 2.75) is 20.3 Å². The molecule has 2 aromatic rings. The third-order valence-corrected chi connectivity index (χ3v) is 5.93. The number of aromatic nitrogens is 1. The molecule has 1 aromatic heterocycles. The lowest BCUT2D eigenvalue weighted by molar-refractivity contribution is 0.0695. The number of nitrogen functional groups attached to an aromatic ring is 1. The van der Waals surface area contributed by atoms with E-state index in [0.29, 0.717) is 16.8 Å². The Morgan fingerprint density at radius 3 is 2.24 bits per heavy atom. The summed E-state index contributed by atoms with van der Waals surface area (Å²) >= 11 is 6.72. The Morgan fingerprint density at radius 1 is 1.10 bits per heavy atom. The number of nitrogens with two attached hydrogens (primary N) is 1. The molecule has 0 aliphatic heterocycles. The second-order valence-electron chi connectivity index (χ2n) is 5.76. The largest absolute Gasteiger partial charge is 0.490 e.